The third-order valence-electron chi connectivity index (χ3n) is 2.11. The molecular formula is C13H13FO4. The van der Waals surface area contributed by atoms with Crippen LogP contribution in [0.25, 0.3) is 6.08 Å². The van der Waals surface area contributed by atoms with Crippen molar-refractivity contribution in [1.29, 1.82) is 0 Å². The van der Waals surface area contributed by atoms with Gasteiger partial charge in [0.15, 0.2) is 0 Å². The number of esters is 2. The summed E-state index contributed by atoms with van der Waals surface area (Å²) in [7, 11) is 1.22. The van der Waals surface area contributed by atoms with Gasteiger partial charge >= 0.3 is 11.9 Å². The quantitative estimate of drug-likeness (QED) is 0.609. The lowest BCUT2D eigenvalue weighted by Crippen LogP contribution is -2.02. The van der Waals surface area contributed by atoms with E-state index in [1.807, 2.05) is 0 Å². The third kappa shape index (κ3) is 3.69. The van der Waals surface area contributed by atoms with E-state index in [1.54, 1.807) is 6.92 Å². The normalized spacial score (nSPS) is 10.4. The highest BCUT2D eigenvalue weighted by molar-refractivity contribution is 5.90. The zero-order chi connectivity index (χ0) is 13.5. The maximum absolute atomic E-state index is 13.6. The lowest BCUT2D eigenvalue weighted by atomic mass is 10.1. The standard InChI is InChI=1S/C13H13FO4/c1-3-18-12(15)7-6-9-4-5-10(8-11(9)14)13(16)17-2/h4-8H,3H2,1-2H3. The third-order valence-corrected chi connectivity index (χ3v) is 2.11. The van der Waals surface area contributed by atoms with Gasteiger partial charge in [0.1, 0.15) is 5.82 Å². The molecule has 1 rings (SSSR count). The van der Waals surface area contributed by atoms with Crippen molar-refractivity contribution in [1.82, 2.24) is 0 Å². The average Bonchev–Trinajstić information content (AvgIpc) is 2.36. The molecule has 0 saturated carbocycles. The molecule has 0 spiro atoms. The molecule has 4 nitrogen and oxygen atoms in total. The summed E-state index contributed by atoms with van der Waals surface area (Å²) in [6.45, 7) is 1.93. The fourth-order valence-corrected chi connectivity index (χ4v) is 1.26. The van der Waals surface area contributed by atoms with Crippen molar-refractivity contribution in [3.8, 4) is 0 Å². The Balaban J connectivity index is 2.86. The molecule has 0 fully saturated rings. The zero-order valence-electron chi connectivity index (χ0n) is 10.1. The van der Waals surface area contributed by atoms with Crippen LogP contribution < -0.4 is 0 Å². The van der Waals surface area contributed by atoms with E-state index >= 15 is 0 Å². The Kier molecular flexibility index (Phi) is 5.05. The molecule has 0 aliphatic rings. The number of benzene rings is 1. The number of rotatable bonds is 4. The number of methoxy groups -OCH3 is 1. The van der Waals surface area contributed by atoms with Crippen LogP contribution in [0.5, 0.6) is 0 Å². The molecular weight excluding hydrogens is 239 g/mol. The van der Waals surface area contributed by atoms with E-state index in [9.17, 15) is 14.0 Å². The molecule has 5 heteroatoms. The molecule has 0 unspecified atom stereocenters. The Morgan fingerprint density at radius 1 is 1.39 bits per heavy atom. The lowest BCUT2D eigenvalue weighted by Gasteiger charge is -2.01. The summed E-state index contributed by atoms with van der Waals surface area (Å²) in [5.41, 5.74) is 0.305. The van der Waals surface area contributed by atoms with Crippen LogP contribution in [-0.2, 0) is 14.3 Å². The predicted octanol–water partition coefficient (Wildman–Crippen LogP) is 2.19. The molecule has 1 aromatic carbocycles. The second kappa shape index (κ2) is 6.54. The molecule has 0 amide bonds. The van der Waals surface area contributed by atoms with Crippen molar-refractivity contribution in [3.63, 3.8) is 0 Å². The Labute approximate surface area is 104 Å². The van der Waals surface area contributed by atoms with E-state index in [0.717, 1.165) is 12.1 Å². The maximum Gasteiger partial charge on any atom is 0.337 e. The molecule has 18 heavy (non-hydrogen) atoms. The highest BCUT2D eigenvalue weighted by Gasteiger charge is 2.08. The smallest absolute Gasteiger partial charge is 0.337 e. The molecule has 0 atom stereocenters. The molecule has 0 radical (unpaired) electrons. The van der Waals surface area contributed by atoms with E-state index in [2.05, 4.69) is 9.47 Å². The Morgan fingerprint density at radius 3 is 2.67 bits per heavy atom. The molecule has 0 heterocycles. The minimum absolute atomic E-state index is 0.114. The minimum atomic E-state index is -0.616. The van der Waals surface area contributed by atoms with E-state index in [4.69, 9.17) is 0 Å². The van der Waals surface area contributed by atoms with Crippen LogP contribution in [0.1, 0.15) is 22.8 Å². The van der Waals surface area contributed by atoms with E-state index in [-0.39, 0.29) is 17.7 Å². The van der Waals surface area contributed by atoms with Crippen molar-refractivity contribution >= 4 is 18.0 Å². The Bertz CT molecular complexity index is 480. The van der Waals surface area contributed by atoms with E-state index in [0.29, 0.717) is 0 Å². The number of hydrogen-bond acceptors (Lipinski definition) is 4. The SMILES string of the molecule is CCOC(=O)C=Cc1ccc(C(=O)OC)cc1F. The number of carbonyl (C=O) groups excluding carboxylic acids is 2. The van der Waals surface area contributed by atoms with Crippen LogP contribution in [0.2, 0.25) is 0 Å². The largest absolute Gasteiger partial charge is 0.465 e. The number of carbonyl (C=O) groups is 2. The van der Waals surface area contributed by atoms with E-state index < -0.39 is 17.8 Å². The van der Waals surface area contributed by atoms with Crippen molar-refractivity contribution in [2.45, 2.75) is 6.92 Å². The van der Waals surface area contributed by atoms with Gasteiger partial charge in [0.2, 0.25) is 0 Å². The fraction of sp³-hybridized carbons (Fsp3) is 0.231. The summed E-state index contributed by atoms with van der Waals surface area (Å²) in [5.74, 6) is -1.78. The number of halogens is 1. The second-order valence-corrected chi connectivity index (χ2v) is 3.31. The molecule has 96 valence electrons. The summed E-state index contributed by atoms with van der Waals surface area (Å²) >= 11 is 0. The van der Waals surface area contributed by atoms with Gasteiger partial charge in [-0.1, -0.05) is 6.07 Å². The first-order valence-corrected chi connectivity index (χ1v) is 5.31. The summed E-state index contributed by atoms with van der Waals surface area (Å²) in [5, 5.41) is 0. The van der Waals surface area contributed by atoms with Gasteiger partial charge in [-0.05, 0) is 25.1 Å². The molecule has 0 aliphatic carbocycles. The molecule has 0 bridgehead atoms. The van der Waals surface area contributed by atoms with Crippen LogP contribution in [-0.4, -0.2) is 25.7 Å². The number of hydrogen-bond donors (Lipinski definition) is 0. The number of ether oxygens (including phenoxy) is 2. The van der Waals surface area contributed by atoms with Crippen LogP contribution in [0.15, 0.2) is 24.3 Å². The zero-order valence-corrected chi connectivity index (χ0v) is 10.1. The fourth-order valence-electron chi connectivity index (χ4n) is 1.26. The van der Waals surface area contributed by atoms with Gasteiger partial charge in [-0.2, -0.15) is 0 Å². The van der Waals surface area contributed by atoms with Gasteiger partial charge < -0.3 is 9.47 Å². The summed E-state index contributed by atoms with van der Waals surface area (Å²) in [4.78, 5) is 22.2. The van der Waals surface area contributed by atoms with Gasteiger partial charge in [-0.25, -0.2) is 14.0 Å². The topological polar surface area (TPSA) is 52.6 Å². The van der Waals surface area contributed by atoms with Crippen molar-refractivity contribution in [3.05, 3.63) is 41.2 Å². The van der Waals surface area contributed by atoms with Gasteiger partial charge in [-0.3, -0.25) is 0 Å². The summed E-state index contributed by atoms with van der Waals surface area (Å²) in [6, 6.07) is 3.85. The Hall–Kier alpha value is -2.17. The van der Waals surface area contributed by atoms with Crippen LogP contribution in [0.4, 0.5) is 4.39 Å². The first-order chi connectivity index (χ1) is 8.58. The lowest BCUT2D eigenvalue weighted by molar-refractivity contribution is -0.137. The first-order valence-electron chi connectivity index (χ1n) is 5.31. The highest BCUT2D eigenvalue weighted by atomic mass is 19.1. The minimum Gasteiger partial charge on any atom is -0.465 e. The second-order valence-electron chi connectivity index (χ2n) is 3.31. The van der Waals surface area contributed by atoms with E-state index in [1.165, 1.54) is 25.3 Å². The molecule has 0 aromatic heterocycles. The summed E-state index contributed by atoms with van der Waals surface area (Å²) < 4.78 is 22.7. The monoisotopic (exact) mass is 252 g/mol. The predicted molar refractivity (Wildman–Crippen MR) is 63.4 cm³/mol. The highest BCUT2D eigenvalue weighted by Crippen LogP contribution is 2.13. The van der Waals surface area contributed by atoms with Crippen LogP contribution in [0, 0.1) is 5.82 Å². The average molecular weight is 252 g/mol. The molecule has 0 N–H and O–H groups in total. The molecule has 1 aromatic rings. The summed E-state index contributed by atoms with van der Waals surface area (Å²) in [6.07, 6.45) is 2.41. The van der Waals surface area contributed by atoms with Crippen molar-refractivity contribution < 1.29 is 23.5 Å². The van der Waals surface area contributed by atoms with Crippen LogP contribution in [0.3, 0.4) is 0 Å². The van der Waals surface area contributed by atoms with Gasteiger partial charge in [-0.15, -0.1) is 0 Å². The Morgan fingerprint density at radius 2 is 2.11 bits per heavy atom. The first kappa shape index (κ1) is 13.9. The molecule has 0 saturated heterocycles. The van der Waals surface area contributed by atoms with Gasteiger partial charge in [0, 0.05) is 11.6 Å². The van der Waals surface area contributed by atoms with Gasteiger partial charge in [0.05, 0.1) is 19.3 Å². The van der Waals surface area contributed by atoms with Crippen molar-refractivity contribution in [2.24, 2.45) is 0 Å². The van der Waals surface area contributed by atoms with Gasteiger partial charge in [0.25, 0.3) is 0 Å². The molecule has 0 aliphatic heterocycles. The maximum atomic E-state index is 13.6. The van der Waals surface area contributed by atoms with Crippen LogP contribution >= 0.6 is 0 Å². The van der Waals surface area contributed by atoms with Crippen molar-refractivity contribution in [2.75, 3.05) is 13.7 Å².